The zero-order valence-electron chi connectivity index (χ0n) is 15.5. The van der Waals surface area contributed by atoms with Gasteiger partial charge in [0.25, 0.3) is 0 Å². The predicted molar refractivity (Wildman–Crippen MR) is 104 cm³/mol. The van der Waals surface area contributed by atoms with Gasteiger partial charge in [-0.05, 0) is 17.0 Å². The van der Waals surface area contributed by atoms with Crippen molar-refractivity contribution in [3.8, 4) is 10.7 Å². The lowest BCUT2D eigenvalue weighted by Gasteiger charge is -2.22. The number of carbonyl (C=O) groups excluding carboxylic acids is 2. The second-order valence-corrected chi connectivity index (χ2v) is 7.06. The van der Waals surface area contributed by atoms with Gasteiger partial charge in [-0.3, -0.25) is 9.59 Å². The van der Waals surface area contributed by atoms with E-state index < -0.39 is 0 Å². The van der Waals surface area contributed by atoms with Crippen molar-refractivity contribution in [2.45, 2.75) is 25.8 Å². The summed E-state index contributed by atoms with van der Waals surface area (Å²) in [5, 5.41) is 5.90. The molecule has 0 spiro atoms. The standard InChI is InChI=1S/C20H21N3O4S/c1-26-19(25)11-12-23(14-15-6-3-2-4-7-15)18(24)10-9-17-21-20(22-27-17)16-8-5-13-28-16/h2-8,13H,9-12,14H2,1H3. The first-order valence-corrected chi connectivity index (χ1v) is 9.78. The molecule has 0 bridgehead atoms. The Morgan fingerprint density at radius 1 is 1.14 bits per heavy atom. The molecule has 3 aromatic rings. The summed E-state index contributed by atoms with van der Waals surface area (Å²) in [4.78, 5) is 31.2. The number of ether oxygens (including phenoxy) is 1. The zero-order valence-corrected chi connectivity index (χ0v) is 16.4. The third kappa shape index (κ3) is 5.50. The van der Waals surface area contributed by atoms with Crippen LogP contribution in [-0.2, 0) is 27.3 Å². The molecule has 0 aliphatic rings. The SMILES string of the molecule is COC(=O)CCN(Cc1ccccc1)C(=O)CCc1nc(-c2cccs2)no1. The smallest absolute Gasteiger partial charge is 0.307 e. The summed E-state index contributed by atoms with van der Waals surface area (Å²) in [6.07, 6.45) is 0.721. The number of aryl methyl sites for hydroxylation is 1. The minimum absolute atomic E-state index is 0.0800. The van der Waals surface area contributed by atoms with Crippen LogP contribution in [0.3, 0.4) is 0 Å². The van der Waals surface area contributed by atoms with Crippen molar-refractivity contribution >= 4 is 23.2 Å². The first-order valence-electron chi connectivity index (χ1n) is 8.90. The first-order chi connectivity index (χ1) is 13.7. The van der Waals surface area contributed by atoms with Gasteiger partial charge in [-0.15, -0.1) is 11.3 Å². The van der Waals surface area contributed by atoms with Crippen molar-refractivity contribution in [1.29, 1.82) is 0 Å². The van der Waals surface area contributed by atoms with E-state index in [9.17, 15) is 9.59 Å². The van der Waals surface area contributed by atoms with Crippen molar-refractivity contribution < 1.29 is 18.8 Å². The predicted octanol–water partition coefficient (Wildman–Crippen LogP) is 3.32. The lowest BCUT2D eigenvalue weighted by atomic mass is 10.2. The monoisotopic (exact) mass is 399 g/mol. The van der Waals surface area contributed by atoms with Gasteiger partial charge in [0.15, 0.2) is 0 Å². The lowest BCUT2D eigenvalue weighted by Crippen LogP contribution is -2.33. The average molecular weight is 399 g/mol. The second-order valence-electron chi connectivity index (χ2n) is 6.12. The fourth-order valence-electron chi connectivity index (χ4n) is 2.66. The van der Waals surface area contributed by atoms with E-state index in [1.54, 1.807) is 4.90 Å². The molecule has 2 heterocycles. The molecule has 28 heavy (non-hydrogen) atoms. The summed E-state index contributed by atoms with van der Waals surface area (Å²) < 4.78 is 9.94. The number of carbonyl (C=O) groups is 2. The molecule has 1 amide bonds. The molecular formula is C20H21N3O4S. The number of hydrogen-bond acceptors (Lipinski definition) is 7. The molecule has 1 aromatic carbocycles. The van der Waals surface area contributed by atoms with Crippen LogP contribution in [0.5, 0.6) is 0 Å². The van der Waals surface area contributed by atoms with E-state index in [4.69, 9.17) is 4.52 Å². The van der Waals surface area contributed by atoms with E-state index in [2.05, 4.69) is 14.9 Å². The van der Waals surface area contributed by atoms with Gasteiger partial charge in [-0.2, -0.15) is 4.98 Å². The molecule has 0 aliphatic carbocycles. The van der Waals surface area contributed by atoms with Gasteiger partial charge in [0.2, 0.25) is 17.6 Å². The topological polar surface area (TPSA) is 85.5 Å². The maximum absolute atomic E-state index is 12.7. The second kappa shape index (κ2) is 9.80. The summed E-state index contributed by atoms with van der Waals surface area (Å²) >= 11 is 1.53. The third-order valence-electron chi connectivity index (χ3n) is 4.14. The molecule has 0 aliphatic heterocycles. The molecule has 0 unspecified atom stereocenters. The normalized spacial score (nSPS) is 10.6. The number of thiophene rings is 1. The molecule has 0 N–H and O–H groups in total. The maximum Gasteiger partial charge on any atom is 0.307 e. The van der Waals surface area contributed by atoms with Crippen LogP contribution in [-0.4, -0.2) is 40.6 Å². The minimum atomic E-state index is -0.344. The Labute approximate surface area is 166 Å². The Morgan fingerprint density at radius 2 is 1.96 bits per heavy atom. The van der Waals surface area contributed by atoms with Gasteiger partial charge < -0.3 is 14.2 Å². The number of hydrogen-bond donors (Lipinski definition) is 0. The van der Waals surface area contributed by atoms with Crippen LogP contribution in [0.2, 0.25) is 0 Å². The van der Waals surface area contributed by atoms with Crippen LogP contribution in [0.1, 0.15) is 24.3 Å². The van der Waals surface area contributed by atoms with Crippen molar-refractivity contribution in [2.24, 2.45) is 0 Å². The summed E-state index contributed by atoms with van der Waals surface area (Å²) in [6, 6.07) is 13.5. The fraction of sp³-hybridized carbons (Fsp3) is 0.300. The fourth-order valence-corrected chi connectivity index (χ4v) is 3.31. The van der Waals surface area contributed by atoms with Crippen LogP contribution in [0.25, 0.3) is 10.7 Å². The quantitative estimate of drug-likeness (QED) is 0.513. The largest absolute Gasteiger partial charge is 0.469 e. The highest BCUT2D eigenvalue weighted by Gasteiger charge is 2.18. The number of nitrogens with zero attached hydrogens (tertiary/aromatic N) is 3. The van der Waals surface area contributed by atoms with Crippen LogP contribution < -0.4 is 0 Å². The van der Waals surface area contributed by atoms with Crippen LogP contribution >= 0.6 is 11.3 Å². The van der Waals surface area contributed by atoms with Gasteiger partial charge >= 0.3 is 5.97 Å². The van der Waals surface area contributed by atoms with Crippen LogP contribution in [0.15, 0.2) is 52.4 Å². The highest BCUT2D eigenvalue weighted by Crippen LogP contribution is 2.21. The lowest BCUT2D eigenvalue weighted by molar-refractivity contribution is -0.142. The maximum atomic E-state index is 12.7. The molecule has 0 radical (unpaired) electrons. The molecule has 3 rings (SSSR count). The van der Waals surface area contributed by atoms with E-state index in [-0.39, 0.29) is 24.7 Å². The Bertz CT molecular complexity index is 893. The van der Waals surface area contributed by atoms with E-state index in [1.807, 2.05) is 47.8 Å². The van der Waals surface area contributed by atoms with E-state index in [0.29, 0.717) is 31.2 Å². The number of rotatable bonds is 9. The summed E-state index contributed by atoms with van der Waals surface area (Å²) in [6.45, 7) is 0.728. The number of esters is 1. The highest BCUT2D eigenvalue weighted by molar-refractivity contribution is 7.13. The van der Waals surface area contributed by atoms with Gasteiger partial charge in [0.1, 0.15) is 0 Å². The summed E-state index contributed by atoms with van der Waals surface area (Å²) in [5.74, 6) is 0.528. The Balaban J connectivity index is 1.60. The minimum Gasteiger partial charge on any atom is -0.469 e. The summed E-state index contributed by atoms with van der Waals surface area (Å²) in [5.41, 5.74) is 0.999. The van der Waals surface area contributed by atoms with Gasteiger partial charge in [-0.25, -0.2) is 0 Å². The van der Waals surface area contributed by atoms with E-state index in [0.717, 1.165) is 10.4 Å². The number of benzene rings is 1. The van der Waals surface area contributed by atoms with Crippen LogP contribution in [0.4, 0.5) is 0 Å². The van der Waals surface area contributed by atoms with Crippen LogP contribution in [0, 0.1) is 0 Å². The van der Waals surface area contributed by atoms with E-state index in [1.165, 1.54) is 18.4 Å². The van der Waals surface area contributed by atoms with Gasteiger partial charge in [0, 0.05) is 25.9 Å². The Morgan fingerprint density at radius 3 is 2.68 bits per heavy atom. The zero-order chi connectivity index (χ0) is 19.8. The molecule has 0 fully saturated rings. The Kier molecular flexibility index (Phi) is 6.91. The number of methoxy groups -OCH3 is 1. The molecule has 8 heteroatoms. The molecule has 146 valence electrons. The highest BCUT2D eigenvalue weighted by atomic mass is 32.1. The Hall–Kier alpha value is -3.00. The molecule has 2 aromatic heterocycles. The molecule has 0 saturated heterocycles. The third-order valence-corrected chi connectivity index (χ3v) is 5.01. The molecular weight excluding hydrogens is 378 g/mol. The molecule has 7 nitrogen and oxygen atoms in total. The molecule has 0 saturated carbocycles. The molecule has 0 atom stereocenters. The van der Waals surface area contributed by atoms with Crippen molar-refractivity contribution in [2.75, 3.05) is 13.7 Å². The van der Waals surface area contributed by atoms with Crippen molar-refractivity contribution in [3.63, 3.8) is 0 Å². The van der Waals surface area contributed by atoms with E-state index >= 15 is 0 Å². The summed E-state index contributed by atoms with van der Waals surface area (Å²) in [7, 11) is 1.34. The number of amides is 1. The van der Waals surface area contributed by atoms with Crippen molar-refractivity contribution in [3.05, 3.63) is 59.3 Å². The first kappa shape index (κ1) is 19.8. The van der Waals surface area contributed by atoms with Crippen molar-refractivity contribution in [1.82, 2.24) is 15.0 Å². The van der Waals surface area contributed by atoms with Gasteiger partial charge in [0.05, 0.1) is 18.4 Å². The van der Waals surface area contributed by atoms with Gasteiger partial charge in [-0.1, -0.05) is 41.6 Å². The number of aromatic nitrogens is 2. The average Bonchev–Trinajstić information content (AvgIpc) is 3.41.